The van der Waals surface area contributed by atoms with Crippen LogP contribution >= 0.6 is 0 Å². The van der Waals surface area contributed by atoms with Gasteiger partial charge in [0.05, 0.1) is 5.92 Å². The highest BCUT2D eigenvalue weighted by atomic mass is 19.4. The Labute approximate surface area is 161 Å². The van der Waals surface area contributed by atoms with Gasteiger partial charge in [-0.2, -0.15) is 57.1 Å². The van der Waals surface area contributed by atoms with E-state index in [1.54, 1.807) is 0 Å². The first-order valence-corrected chi connectivity index (χ1v) is 7.91. The number of carbonyl (C=O) groups is 1. The molecule has 0 rings (SSSR count). The summed E-state index contributed by atoms with van der Waals surface area (Å²) in [4.78, 5) is 10.9. The van der Waals surface area contributed by atoms with Gasteiger partial charge in [-0.1, -0.05) is 26.3 Å². The van der Waals surface area contributed by atoms with Crippen LogP contribution in [0.1, 0.15) is 26.2 Å². The predicted octanol–water partition coefficient (Wildman–Crippen LogP) is 6.26. The Bertz CT molecular complexity index is 610. The first kappa shape index (κ1) is 28.3. The van der Waals surface area contributed by atoms with E-state index in [2.05, 4.69) is 11.3 Å². The van der Waals surface area contributed by atoms with Gasteiger partial charge in [-0.15, -0.1) is 0 Å². The van der Waals surface area contributed by atoms with Crippen LogP contribution in [-0.2, 0) is 9.53 Å². The first-order chi connectivity index (χ1) is 13.2. The van der Waals surface area contributed by atoms with Crippen molar-refractivity contribution in [2.75, 3.05) is 6.61 Å². The first-order valence-electron chi connectivity index (χ1n) is 7.91. The van der Waals surface area contributed by atoms with Gasteiger partial charge in [0.25, 0.3) is 0 Å². The van der Waals surface area contributed by atoms with Crippen molar-refractivity contribution in [1.29, 1.82) is 0 Å². The van der Waals surface area contributed by atoms with Crippen molar-refractivity contribution >= 4 is 5.97 Å². The SMILES string of the molecule is C=CC(=O)OCC(CCCC)C(F)(F)C(F)(F)C(F)(F)C(F)(F)C(F)(F)C(F)(F)F. The molecule has 0 N–H and O–H groups in total. The fourth-order valence-electron chi connectivity index (χ4n) is 2.10. The molecular weight excluding hydrogens is 459 g/mol. The van der Waals surface area contributed by atoms with Crippen LogP contribution in [0.2, 0.25) is 0 Å². The summed E-state index contributed by atoms with van der Waals surface area (Å²) in [5, 5.41) is 0. The standard InChI is InChI=1S/C15H15F13O2/c1-3-5-6-8(7-30-9(29)4-2)10(16,17)11(18,19)12(20,21)13(22,23)14(24,25)15(26,27)28/h4,8H,2-3,5-7H2,1H3. The van der Waals surface area contributed by atoms with E-state index in [0.717, 1.165) is 0 Å². The molecule has 0 saturated carbocycles. The molecule has 2 nitrogen and oxygen atoms in total. The number of alkyl halides is 13. The lowest BCUT2D eigenvalue weighted by molar-refractivity contribution is -0.443. The van der Waals surface area contributed by atoms with E-state index in [0.29, 0.717) is 6.08 Å². The van der Waals surface area contributed by atoms with Crippen molar-refractivity contribution in [3.05, 3.63) is 12.7 Å². The summed E-state index contributed by atoms with van der Waals surface area (Å²) >= 11 is 0. The molecule has 0 aromatic rings. The Morgan fingerprint density at radius 2 is 1.27 bits per heavy atom. The molecule has 0 fully saturated rings. The van der Waals surface area contributed by atoms with Gasteiger partial charge in [-0.25, -0.2) is 4.79 Å². The van der Waals surface area contributed by atoms with Crippen LogP contribution in [0.4, 0.5) is 57.1 Å². The van der Waals surface area contributed by atoms with Gasteiger partial charge in [0.2, 0.25) is 0 Å². The van der Waals surface area contributed by atoms with Crippen LogP contribution in [0.5, 0.6) is 0 Å². The second kappa shape index (κ2) is 8.81. The van der Waals surface area contributed by atoms with Crippen molar-refractivity contribution in [2.24, 2.45) is 5.92 Å². The molecule has 178 valence electrons. The van der Waals surface area contributed by atoms with Gasteiger partial charge < -0.3 is 4.74 Å². The average molecular weight is 474 g/mol. The van der Waals surface area contributed by atoms with Crippen LogP contribution in [0.15, 0.2) is 12.7 Å². The monoisotopic (exact) mass is 474 g/mol. The minimum Gasteiger partial charge on any atom is -0.462 e. The quantitative estimate of drug-likeness (QED) is 0.201. The van der Waals surface area contributed by atoms with Gasteiger partial charge in [0.15, 0.2) is 0 Å². The highest BCUT2D eigenvalue weighted by molar-refractivity contribution is 5.81. The molecule has 30 heavy (non-hydrogen) atoms. The Morgan fingerprint density at radius 1 is 0.833 bits per heavy atom. The number of unbranched alkanes of at least 4 members (excludes halogenated alkanes) is 1. The predicted molar refractivity (Wildman–Crippen MR) is 75.0 cm³/mol. The molecule has 1 unspecified atom stereocenters. The van der Waals surface area contributed by atoms with E-state index < -0.39 is 67.1 Å². The van der Waals surface area contributed by atoms with Crippen LogP contribution in [0.3, 0.4) is 0 Å². The van der Waals surface area contributed by atoms with E-state index in [9.17, 15) is 61.9 Å². The zero-order valence-electron chi connectivity index (χ0n) is 14.9. The number of hydrogen-bond donors (Lipinski definition) is 0. The molecule has 1 atom stereocenters. The van der Waals surface area contributed by atoms with E-state index in [4.69, 9.17) is 0 Å². The van der Waals surface area contributed by atoms with Gasteiger partial charge in [-0.3, -0.25) is 0 Å². The second-order valence-corrected chi connectivity index (χ2v) is 6.09. The molecule has 0 heterocycles. The molecule has 0 aliphatic rings. The topological polar surface area (TPSA) is 26.3 Å². The number of rotatable bonds is 11. The maximum atomic E-state index is 14.1. The molecular formula is C15H15F13O2. The molecule has 0 aromatic carbocycles. The third-order valence-electron chi connectivity index (χ3n) is 3.97. The lowest BCUT2D eigenvalue weighted by Gasteiger charge is -2.41. The average Bonchev–Trinajstić information content (AvgIpc) is 2.59. The van der Waals surface area contributed by atoms with Crippen molar-refractivity contribution in [1.82, 2.24) is 0 Å². The van der Waals surface area contributed by atoms with E-state index in [1.807, 2.05) is 0 Å². The van der Waals surface area contributed by atoms with E-state index in [-0.39, 0.29) is 6.42 Å². The van der Waals surface area contributed by atoms with Gasteiger partial charge in [0, 0.05) is 6.08 Å². The van der Waals surface area contributed by atoms with Crippen LogP contribution in [0.25, 0.3) is 0 Å². The van der Waals surface area contributed by atoms with E-state index >= 15 is 0 Å². The van der Waals surface area contributed by atoms with Crippen molar-refractivity contribution in [3.63, 3.8) is 0 Å². The Hall–Kier alpha value is -1.70. The largest absolute Gasteiger partial charge is 0.462 e. The molecule has 0 bridgehead atoms. The normalized spacial score (nSPS) is 15.7. The minimum atomic E-state index is -7.96. The van der Waals surface area contributed by atoms with Gasteiger partial charge >= 0.3 is 41.8 Å². The molecule has 15 heteroatoms. The molecule has 0 aromatic heterocycles. The zero-order chi connectivity index (χ0) is 24.4. The highest BCUT2D eigenvalue weighted by Crippen LogP contribution is 2.61. The molecule has 0 aliphatic heterocycles. The van der Waals surface area contributed by atoms with E-state index in [1.165, 1.54) is 6.92 Å². The summed E-state index contributed by atoms with van der Waals surface area (Å²) in [5.74, 6) is -41.9. The van der Waals surface area contributed by atoms with Crippen molar-refractivity contribution < 1.29 is 66.6 Å². The number of hydrogen-bond acceptors (Lipinski definition) is 2. The molecule has 0 aliphatic carbocycles. The molecule has 0 spiro atoms. The number of esters is 1. The summed E-state index contributed by atoms with van der Waals surface area (Å²) in [6.45, 7) is 2.36. The summed E-state index contributed by atoms with van der Waals surface area (Å²) in [7, 11) is 0. The summed E-state index contributed by atoms with van der Waals surface area (Å²) in [5.41, 5.74) is 0. The maximum absolute atomic E-state index is 14.1. The van der Waals surface area contributed by atoms with Crippen LogP contribution in [-0.4, -0.2) is 48.4 Å². The zero-order valence-corrected chi connectivity index (χ0v) is 14.9. The Balaban J connectivity index is 6.32. The van der Waals surface area contributed by atoms with Crippen LogP contribution < -0.4 is 0 Å². The molecule has 0 saturated heterocycles. The fraction of sp³-hybridized carbons (Fsp3) is 0.800. The Morgan fingerprint density at radius 3 is 1.63 bits per heavy atom. The second-order valence-electron chi connectivity index (χ2n) is 6.09. The van der Waals surface area contributed by atoms with Crippen LogP contribution in [0, 0.1) is 5.92 Å². The highest BCUT2D eigenvalue weighted by Gasteiger charge is 2.91. The lowest BCUT2D eigenvalue weighted by Crippen LogP contribution is -2.71. The number of halogens is 13. The Kier molecular flexibility index (Phi) is 8.31. The summed E-state index contributed by atoms with van der Waals surface area (Å²) in [6.07, 6.45) is -8.73. The number of carbonyl (C=O) groups excluding carboxylic acids is 1. The van der Waals surface area contributed by atoms with Crippen molar-refractivity contribution in [3.8, 4) is 0 Å². The third-order valence-corrected chi connectivity index (χ3v) is 3.97. The molecule has 0 amide bonds. The van der Waals surface area contributed by atoms with Gasteiger partial charge in [-0.05, 0) is 6.42 Å². The minimum absolute atomic E-state index is 0.0355. The molecule has 0 radical (unpaired) electrons. The smallest absolute Gasteiger partial charge is 0.460 e. The number of ether oxygens (including phenoxy) is 1. The summed E-state index contributed by atoms with van der Waals surface area (Å²) < 4.78 is 175. The summed E-state index contributed by atoms with van der Waals surface area (Å²) in [6, 6.07) is 0. The third kappa shape index (κ3) is 4.63. The maximum Gasteiger partial charge on any atom is 0.460 e. The van der Waals surface area contributed by atoms with Crippen molar-refractivity contribution in [2.45, 2.75) is 62.0 Å². The fourth-order valence-corrected chi connectivity index (χ4v) is 2.10. The van der Waals surface area contributed by atoms with Gasteiger partial charge in [0.1, 0.15) is 6.61 Å². The lowest BCUT2D eigenvalue weighted by atomic mass is 9.85.